The van der Waals surface area contributed by atoms with E-state index in [0.29, 0.717) is 18.5 Å². The standard InChI is InChI=1S/C22H20Br2N2O5/c23-16-8-14-15(9-17(16)24)22(30)26(21(14)29)10-20(28)31-11-19(27)25-18-7-3-5-12-4-1-2-6-13(12)18/h1-7,14-17H,8-11H2,(H,25,27)/t14-,15+,16-,17-/m0/s1. The molecule has 0 aromatic heterocycles. The molecule has 1 saturated carbocycles. The number of imide groups is 1. The van der Waals surface area contributed by atoms with E-state index < -0.39 is 36.9 Å². The van der Waals surface area contributed by atoms with Crippen LogP contribution in [0, 0.1) is 11.8 Å². The Morgan fingerprint density at radius 3 is 2.26 bits per heavy atom. The van der Waals surface area contributed by atoms with Crippen molar-refractivity contribution in [1.82, 2.24) is 4.90 Å². The minimum atomic E-state index is -0.792. The Kier molecular flexibility index (Phi) is 6.43. The van der Waals surface area contributed by atoms with Crippen molar-refractivity contribution in [1.29, 1.82) is 0 Å². The molecule has 4 atom stereocenters. The Labute approximate surface area is 195 Å². The van der Waals surface area contributed by atoms with E-state index in [1.54, 1.807) is 6.07 Å². The molecule has 2 aliphatic rings. The maximum atomic E-state index is 12.6. The van der Waals surface area contributed by atoms with Gasteiger partial charge in [0.2, 0.25) is 11.8 Å². The zero-order chi connectivity index (χ0) is 22.1. The number of carbonyl (C=O) groups is 4. The number of rotatable bonds is 5. The van der Waals surface area contributed by atoms with Crippen LogP contribution in [0.15, 0.2) is 42.5 Å². The molecule has 31 heavy (non-hydrogen) atoms. The van der Waals surface area contributed by atoms with Gasteiger partial charge in [-0.05, 0) is 24.3 Å². The summed E-state index contributed by atoms with van der Waals surface area (Å²) >= 11 is 7.05. The second-order valence-corrected chi connectivity index (χ2v) is 10.1. The number of halogens is 2. The molecule has 162 valence electrons. The van der Waals surface area contributed by atoms with E-state index in [0.717, 1.165) is 15.7 Å². The third-order valence-electron chi connectivity index (χ3n) is 5.72. The van der Waals surface area contributed by atoms with Gasteiger partial charge in [-0.2, -0.15) is 0 Å². The molecule has 1 saturated heterocycles. The van der Waals surface area contributed by atoms with Crippen LogP contribution >= 0.6 is 31.9 Å². The van der Waals surface area contributed by atoms with Crippen LogP contribution in [0.1, 0.15) is 12.8 Å². The number of fused-ring (bicyclic) bond motifs is 2. The monoisotopic (exact) mass is 550 g/mol. The van der Waals surface area contributed by atoms with Crippen molar-refractivity contribution in [3.8, 4) is 0 Å². The van der Waals surface area contributed by atoms with Gasteiger partial charge in [0, 0.05) is 20.7 Å². The number of nitrogens with zero attached hydrogens (tertiary/aromatic N) is 1. The molecule has 2 fully saturated rings. The number of esters is 1. The number of benzene rings is 2. The summed E-state index contributed by atoms with van der Waals surface area (Å²) in [5.41, 5.74) is 0.613. The van der Waals surface area contributed by atoms with E-state index in [9.17, 15) is 19.2 Å². The van der Waals surface area contributed by atoms with E-state index >= 15 is 0 Å². The average Bonchev–Trinajstić information content (AvgIpc) is 2.97. The van der Waals surface area contributed by atoms with Crippen molar-refractivity contribution >= 4 is 72.0 Å². The molecular formula is C22H20Br2N2O5. The Morgan fingerprint density at radius 2 is 1.58 bits per heavy atom. The lowest BCUT2D eigenvalue weighted by molar-refractivity contribution is -0.154. The highest BCUT2D eigenvalue weighted by Crippen LogP contribution is 2.43. The largest absolute Gasteiger partial charge is 0.454 e. The maximum absolute atomic E-state index is 12.6. The number of carbonyl (C=O) groups excluding carboxylic acids is 4. The molecule has 3 amide bonds. The Hall–Kier alpha value is -2.26. The second kappa shape index (κ2) is 9.08. The van der Waals surface area contributed by atoms with E-state index in [2.05, 4.69) is 37.2 Å². The first-order valence-electron chi connectivity index (χ1n) is 9.91. The highest BCUT2D eigenvalue weighted by molar-refractivity contribution is 9.12. The molecule has 0 bridgehead atoms. The van der Waals surface area contributed by atoms with Gasteiger partial charge in [-0.25, -0.2) is 0 Å². The van der Waals surface area contributed by atoms with Crippen molar-refractivity contribution < 1.29 is 23.9 Å². The van der Waals surface area contributed by atoms with Gasteiger partial charge in [-0.1, -0.05) is 68.3 Å². The fraction of sp³-hybridized carbons (Fsp3) is 0.364. The highest BCUT2D eigenvalue weighted by Gasteiger charge is 2.52. The van der Waals surface area contributed by atoms with E-state index in [4.69, 9.17) is 4.74 Å². The molecule has 0 unspecified atom stereocenters. The number of amides is 3. The minimum Gasteiger partial charge on any atom is -0.454 e. The van der Waals surface area contributed by atoms with Crippen LogP contribution in [-0.2, 0) is 23.9 Å². The van der Waals surface area contributed by atoms with Gasteiger partial charge >= 0.3 is 5.97 Å². The van der Waals surface area contributed by atoms with Gasteiger partial charge in [0.1, 0.15) is 6.54 Å². The van der Waals surface area contributed by atoms with Crippen molar-refractivity contribution in [3.63, 3.8) is 0 Å². The SMILES string of the molecule is O=C(COC(=O)CN1C(=O)[C@H]2C[C@H](Br)[C@@H](Br)C[C@H]2C1=O)Nc1cccc2ccccc12. The summed E-state index contributed by atoms with van der Waals surface area (Å²) in [5.74, 6) is -2.84. The minimum absolute atomic E-state index is 0.0927. The fourth-order valence-corrected chi connectivity index (χ4v) is 5.40. The van der Waals surface area contributed by atoms with Gasteiger partial charge < -0.3 is 10.1 Å². The van der Waals surface area contributed by atoms with Crippen molar-refractivity contribution in [2.24, 2.45) is 11.8 Å². The Balaban J connectivity index is 1.32. The molecule has 9 heteroatoms. The second-order valence-electron chi connectivity index (χ2n) is 7.71. The van der Waals surface area contributed by atoms with Crippen LogP contribution in [0.5, 0.6) is 0 Å². The smallest absolute Gasteiger partial charge is 0.326 e. The number of anilines is 1. The summed E-state index contributed by atoms with van der Waals surface area (Å²) in [6.07, 6.45) is 1.06. The molecule has 0 radical (unpaired) electrons. The quantitative estimate of drug-likeness (QED) is 0.350. The van der Waals surface area contributed by atoms with E-state index in [1.165, 1.54) is 0 Å². The topological polar surface area (TPSA) is 92.8 Å². The summed E-state index contributed by atoms with van der Waals surface area (Å²) in [4.78, 5) is 50.9. The van der Waals surface area contributed by atoms with Gasteiger partial charge in [0.05, 0.1) is 11.8 Å². The van der Waals surface area contributed by atoms with Crippen LogP contribution in [0.4, 0.5) is 5.69 Å². The zero-order valence-electron chi connectivity index (χ0n) is 16.4. The molecule has 2 aromatic carbocycles. The highest BCUT2D eigenvalue weighted by atomic mass is 79.9. The summed E-state index contributed by atoms with van der Waals surface area (Å²) < 4.78 is 5.03. The molecular weight excluding hydrogens is 532 g/mol. The van der Waals surface area contributed by atoms with Gasteiger partial charge in [0.15, 0.2) is 6.61 Å². The molecule has 1 aliphatic carbocycles. The number of likely N-dealkylation sites (tertiary alicyclic amines) is 1. The first-order chi connectivity index (χ1) is 14.8. The maximum Gasteiger partial charge on any atom is 0.326 e. The van der Waals surface area contributed by atoms with Crippen molar-refractivity contribution in [2.45, 2.75) is 22.5 Å². The Bertz CT molecular complexity index is 1030. The number of hydrogen-bond acceptors (Lipinski definition) is 5. The normalized spacial score (nSPS) is 25.4. The first kappa shape index (κ1) is 22.0. The Morgan fingerprint density at radius 1 is 0.968 bits per heavy atom. The summed E-state index contributed by atoms with van der Waals surface area (Å²) in [6.45, 7) is -0.982. The summed E-state index contributed by atoms with van der Waals surface area (Å²) in [6, 6.07) is 13.1. The molecule has 4 rings (SSSR count). The summed E-state index contributed by atoms with van der Waals surface area (Å²) in [5, 5.41) is 4.57. The lowest BCUT2D eigenvalue weighted by Crippen LogP contribution is -2.37. The molecule has 1 heterocycles. The van der Waals surface area contributed by atoms with Crippen molar-refractivity contribution in [2.75, 3.05) is 18.5 Å². The third-order valence-corrected chi connectivity index (χ3v) is 8.45. The first-order valence-corrected chi connectivity index (χ1v) is 11.7. The van der Waals surface area contributed by atoms with Crippen LogP contribution in [0.25, 0.3) is 10.8 Å². The van der Waals surface area contributed by atoms with Crippen LogP contribution in [0.2, 0.25) is 0 Å². The predicted molar refractivity (Wildman–Crippen MR) is 122 cm³/mol. The van der Waals surface area contributed by atoms with E-state index in [1.807, 2.05) is 36.4 Å². The van der Waals surface area contributed by atoms with Gasteiger partial charge in [0.25, 0.3) is 5.91 Å². The molecule has 1 N–H and O–H groups in total. The lowest BCUT2D eigenvalue weighted by Gasteiger charge is -2.29. The summed E-state index contributed by atoms with van der Waals surface area (Å²) in [7, 11) is 0. The number of ether oxygens (including phenoxy) is 1. The molecule has 7 nitrogen and oxygen atoms in total. The van der Waals surface area contributed by atoms with Crippen LogP contribution < -0.4 is 5.32 Å². The van der Waals surface area contributed by atoms with E-state index in [-0.39, 0.29) is 21.5 Å². The molecule has 0 spiro atoms. The van der Waals surface area contributed by atoms with Crippen LogP contribution in [-0.4, -0.2) is 51.4 Å². The molecule has 2 aromatic rings. The predicted octanol–water partition coefficient (Wildman–Crippen LogP) is 3.24. The fourth-order valence-electron chi connectivity index (χ4n) is 4.16. The van der Waals surface area contributed by atoms with Crippen LogP contribution in [0.3, 0.4) is 0 Å². The average molecular weight is 552 g/mol. The van der Waals surface area contributed by atoms with Gasteiger partial charge in [-0.3, -0.25) is 24.1 Å². The van der Waals surface area contributed by atoms with Gasteiger partial charge in [-0.15, -0.1) is 0 Å². The number of nitrogens with one attached hydrogen (secondary N) is 1. The lowest BCUT2D eigenvalue weighted by atomic mass is 9.81. The zero-order valence-corrected chi connectivity index (χ0v) is 19.6. The van der Waals surface area contributed by atoms with Crippen molar-refractivity contribution in [3.05, 3.63) is 42.5 Å². The third kappa shape index (κ3) is 4.52. The number of hydrogen-bond donors (Lipinski definition) is 1. The number of alkyl halides is 2. The molecule has 1 aliphatic heterocycles.